The highest BCUT2D eigenvalue weighted by Gasteiger charge is 2.39. The first kappa shape index (κ1) is 19.5. The fourth-order valence-electron chi connectivity index (χ4n) is 3.95. The van der Waals surface area contributed by atoms with E-state index in [0.717, 1.165) is 44.1 Å². The molecule has 7 heteroatoms. The molecular weight excluding hydrogens is 368 g/mol. The van der Waals surface area contributed by atoms with Crippen LogP contribution in [0, 0.1) is 6.92 Å². The van der Waals surface area contributed by atoms with Gasteiger partial charge in [0.1, 0.15) is 0 Å². The highest BCUT2D eigenvalue weighted by atomic mass is 16.5. The number of aromatic nitrogens is 1. The van der Waals surface area contributed by atoms with Gasteiger partial charge >= 0.3 is 0 Å². The average Bonchev–Trinajstić information content (AvgIpc) is 3.01. The van der Waals surface area contributed by atoms with Gasteiger partial charge in [0.15, 0.2) is 0 Å². The smallest absolute Gasteiger partial charge is 0.260 e. The topological polar surface area (TPSA) is 74.8 Å². The molecule has 1 atom stereocenters. The lowest BCUT2D eigenvalue weighted by atomic mass is 10.1. The number of nitrogens with one attached hydrogen (secondary N) is 1. The molecule has 4 rings (SSSR count). The van der Waals surface area contributed by atoms with Crippen molar-refractivity contribution < 1.29 is 14.3 Å². The summed E-state index contributed by atoms with van der Waals surface area (Å²) < 4.78 is 5.35. The molecule has 0 saturated carbocycles. The van der Waals surface area contributed by atoms with Crippen LogP contribution in [0.25, 0.3) is 0 Å². The van der Waals surface area contributed by atoms with Gasteiger partial charge in [0, 0.05) is 38.1 Å². The highest BCUT2D eigenvalue weighted by molar-refractivity contribution is 6.11. The van der Waals surface area contributed by atoms with Crippen LogP contribution in [0.15, 0.2) is 42.6 Å². The monoisotopic (exact) mass is 394 g/mol. The van der Waals surface area contributed by atoms with Crippen LogP contribution in [0.3, 0.4) is 0 Å². The third-order valence-electron chi connectivity index (χ3n) is 5.43. The van der Waals surface area contributed by atoms with Gasteiger partial charge in [0.25, 0.3) is 5.91 Å². The number of anilines is 1. The van der Waals surface area contributed by atoms with Gasteiger partial charge in [-0.25, -0.2) is 0 Å². The summed E-state index contributed by atoms with van der Waals surface area (Å²) in [7, 11) is 0. The quantitative estimate of drug-likeness (QED) is 0.810. The van der Waals surface area contributed by atoms with E-state index in [-0.39, 0.29) is 18.2 Å². The lowest BCUT2D eigenvalue weighted by Crippen LogP contribution is -2.42. The summed E-state index contributed by atoms with van der Waals surface area (Å²) >= 11 is 0. The second kappa shape index (κ2) is 8.71. The van der Waals surface area contributed by atoms with E-state index in [1.54, 1.807) is 23.2 Å². The molecule has 1 aromatic heterocycles. The summed E-state index contributed by atoms with van der Waals surface area (Å²) in [5.41, 5.74) is 3.09. The van der Waals surface area contributed by atoms with Gasteiger partial charge in [-0.2, -0.15) is 0 Å². The Balaban J connectivity index is 1.47. The maximum absolute atomic E-state index is 13.1. The fourth-order valence-corrected chi connectivity index (χ4v) is 3.95. The molecule has 7 nitrogen and oxygen atoms in total. The minimum absolute atomic E-state index is 0.0767. The van der Waals surface area contributed by atoms with Gasteiger partial charge in [0.2, 0.25) is 5.91 Å². The largest absolute Gasteiger partial charge is 0.379 e. The molecule has 2 aromatic rings. The molecule has 0 spiro atoms. The summed E-state index contributed by atoms with van der Waals surface area (Å²) in [5, 5.41) is 3.00. The fraction of sp³-hybridized carbons (Fsp3) is 0.409. The molecule has 0 aliphatic carbocycles. The first-order valence-corrected chi connectivity index (χ1v) is 10.1. The number of pyridine rings is 1. The van der Waals surface area contributed by atoms with E-state index in [1.165, 1.54) is 0 Å². The first-order chi connectivity index (χ1) is 14.1. The van der Waals surface area contributed by atoms with E-state index >= 15 is 0 Å². The van der Waals surface area contributed by atoms with E-state index in [2.05, 4.69) is 15.2 Å². The number of rotatable bonds is 6. The van der Waals surface area contributed by atoms with Crippen molar-refractivity contribution in [3.8, 4) is 0 Å². The summed E-state index contributed by atoms with van der Waals surface area (Å²) in [5.74, 6) is -0.183. The molecule has 152 valence electrons. The van der Waals surface area contributed by atoms with Gasteiger partial charge in [-0.1, -0.05) is 12.1 Å². The second-order valence-electron chi connectivity index (χ2n) is 7.47. The van der Waals surface area contributed by atoms with Crippen LogP contribution >= 0.6 is 0 Å². The third-order valence-corrected chi connectivity index (χ3v) is 5.43. The molecule has 2 amide bonds. The number of hydrogen-bond donors (Lipinski definition) is 1. The molecule has 2 aliphatic heterocycles. The summed E-state index contributed by atoms with van der Waals surface area (Å²) in [6, 6.07) is 10.9. The molecule has 2 aliphatic rings. The Morgan fingerprint density at radius 1 is 1.24 bits per heavy atom. The van der Waals surface area contributed by atoms with Crippen LogP contribution in [0.2, 0.25) is 0 Å². The van der Waals surface area contributed by atoms with Crippen molar-refractivity contribution in [2.45, 2.75) is 19.4 Å². The van der Waals surface area contributed by atoms with E-state index in [0.29, 0.717) is 17.8 Å². The number of aryl methyl sites for hydroxylation is 1. The number of fused-ring (bicyclic) bond motifs is 1. The van der Waals surface area contributed by atoms with E-state index in [4.69, 9.17) is 4.74 Å². The van der Waals surface area contributed by atoms with Crippen LogP contribution in [0.4, 0.5) is 5.69 Å². The minimum Gasteiger partial charge on any atom is -0.379 e. The summed E-state index contributed by atoms with van der Waals surface area (Å²) in [6.45, 7) is 6.64. The predicted octanol–water partition coefficient (Wildman–Crippen LogP) is 1.93. The summed E-state index contributed by atoms with van der Waals surface area (Å²) in [6.07, 6.45) is 1.86. The van der Waals surface area contributed by atoms with Gasteiger partial charge < -0.3 is 10.1 Å². The average molecular weight is 394 g/mol. The van der Waals surface area contributed by atoms with Gasteiger partial charge in [-0.15, -0.1) is 0 Å². The predicted molar refractivity (Wildman–Crippen MR) is 110 cm³/mol. The van der Waals surface area contributed by atoms with E-state index < -0.39 is 6.04 Å². The van der Waals surface area contributed by atoms with Crippen LogP contribution in [-0.2, 0) is 9.53 Å². The zero-order valence-corrected chi connectivity index (χ0v) is 16.6. The zero-order chi connectivity index (χ0) is 20.2. The zero-order valence-electron chi connectivity index (χ0n) is 16.6. The molecule has 1 saturated heterocycles. The Hall–Kier alpha value is -2.77. The number of carbonyl (C=O) groups excluding carboxylic acids is 2. The van der Waals surface area contributed by atoms with Crippen molar-refractivity contribution in [1.29, 1.82) is 0 Å². The van der Waals surface area contributed by atoms with Crippen molar-refractivity contribution in [2.75, 3.05) is 44.3 Å². The molecule has 3 heterocycles. The number of ether oxygens (including phenoxy) is 1. The van der Waals surface area contributed by atoms with Crippen molar-refractivity contribution >= 4 is 17.5 Å². The van der Waals surface area contributed by atoms with Crippen molar-refractivity contribution in [3.05, 3.63) is 59.4 Å². The van der Waals surface area contributed by atoms with Crippen molar-refractivity contribution in [2.24, 2.45) is 0 Å². The Morgan fingerprint density at radius 2 is 2.07 bits per heavy atom. The Kier molecular flexibility index (Phi) is 5.87. The summed E-state index contributed by atoms with van der Waals surface area (Å²) in [4.78, 5) is 34.1. The van der Waals surface area contributed by atoms with Gasteiger partial charge in [0.05, 0.1) is 36.9 Å². The van der Waals surface area contributed by atoms with Crippen LogP contribution < -0.4 is 10.2 Å². The lowest BCUT2D eigenvalue weighted by molar-refractivity contribution is -0.121. The van der Waals surface area contributed by atoms with Crippen molar-refractivity contribution in [3.63, 3.8) is 0 Å². The van der Waals surface area contributed by atoms with Gasteiger partial charge in [-0.05, 0) is 36.8 Å². The first-order valence-electron chi connectivity index (χ1n) is 10.1. The SMILES string of the molecule is Cc1cccc(N2C(=O)c3cccnc3[C@@H]2CC(=O)NCCN2CCOCC2)c1. The molecule has 29 heavy (non-hydrogen) atoms. The number of morpholine rings is 1. The van der Waals surface area contributed by atoms with Crippen LogP contribution in [0.1, 0.15) is 34.1 Å². The Morgan fingerprint density at radius 3 is 2.86 bits per heavy atom. The third kappa shape index (κ3) is 4.31. The molecule has 1 N–H and O–H groups in total. The standard InChI is InChI=1S/C22H26N4O3/c1-16-4-2-5-17(14-16)26-19(21-18(22(26)28)6-3-7-24-21)15-20(27)23-8-9-25-10-12-29-13-11-25/h2-7,14,19H,8-13,15H2,1H3,(H,23,27)/t19-/m0/s1. The van der Waals surface area contributed by atoms with E-state index in [1.807, 2.05) is 31.2 Å². The Labute approximate surface area is 170 Å². The molecular formula is C22H26N4O3. The number of amides is 2. The molecule has 0 radical (unpaired) electrons. The molecule has 0 unspecified atom stereocenters. The molecule has 1 aromatic carbocycles. The minimum atomic E-state index is -0.399. The van der Waals surface area contributed by atoms with Crippen LogP contribution in [-0.4, -0.2) is 61.1 Å². The highest BCUT2D eigenvalue weighted by Crippen LogP contribution is 2.38. The van der Waals surface area contributed by atoms with Crippen LogP contribution in [0.5, 0.6) is 0 Å². The normalized spacial score (nSPS) is 19.3. The number of carbonyl (C=O) groups is 2. The second-order valence-corrected chi connectivity index (χ2v) is 7.47. The number of benzene rings is 1. The number of nitrogens with zero attached hydrogens (tertiary/aromatic N) is 3. The molecule has 0 bridgehead atoms. The van der Waals surface area contributed by atoms with E-state index in [9.17, 15) is 9.59 Å². The van der Waals surface area contributed by atoms with Crippen molar-refractivity contribution in [1.82, 2.24) is 15.2 Å². The maximum Gasteiger partial charge on any atom is 0.260 e. The maximum atomic E-state index is 13.1. The Bertz CT molecular complexity index is 895. The van der Waals surface area contributed by atoms with Gasteiger partial charge in [-0.3, -0.25) is 24.4 Å². The lowest BCUT2D eigenvalue weighted by Gasteiger charge is -2.27. The molecule has 1 fully saturated rings. The number of hydrogen-bond acceptors (Lipinski definition) is 5.